The maximum atomic E-state index is 5.07. The highest BCUT2D eigenvalue weighted by Crippen LogP contribution is 2.42. The van der Waals surface area contributed by atoms with E-state index in [1.54, 1.807) is 0 Å². The zero-order valence-corrected chi connectivity index (χ0v) is 13.9. The summed E-state index contributed by atoms with van der Waals surface area (Å²) in [6, 6.07) is 14.7. The van der Waals surface area contributed by atoms with Crippen LogP contribution in [0.3, 0.4) is 0 Å². The van der Waals surface area contributed by atoms with Gasteiger partial charge in [-0.25, -0.2) is 4.98 Å². The second-order valence-corrected chi connectivity index (χ2v) is 7.20. The third-order valence-corrected chi connectivity index (χ3v) is 5.84. The van der Waals surface area contributed by atoms with Crippen molar-refractivity contribution in [3.8, 4) is 21.7 Å². The highest BCUT2D eigenvalue weighted by molar-refractivity contribution is 7.15. The molecule has 3 aromatic rings. The average molecular weight is 320 g/mol. The fraction of sp³-hybridized carbons (Fsp3) is 0.300. The molecule has 0 spiro atoms. The third-order valence-electron chi connectivity index (χ3n) is 4.57. The van der Waals surface area contributed by atoms with E-state index >= 15 is 0 Å². The van der Waals surface area contributed by atoms with Crippen LogP contribution in [-0.4, -0.2) is 9.97 Å². The minimum absolute atomic E-state index is 0.640. The minimum atomic E-state index is 0.640. The van der Waals surface area contributed by atoms with Gasteiger partial charge in [0.05, 0.1) is 15.6 Å². The van der Waals surface area contributed by atoms with Gasteiger partial charge in [-0.3, -0.25) is 4.98 Å². The lowest BCUT2D eigenvalue weighted by Gasteiger charge is -2.18. The van der Waals surface area contributed by atoms with E-state index in [4.69, 9.17) is 4.98 Å². The normalized spacial score (nSPS) is 15.7. The topological polar surface area (TPSA) is 25.8 Å². The van der Waals surface area contributed by atoms with E-state index in [1.807, 2.05) is 29.8 Å². The zero-order chi connectivity index (χ0) is 15.5. The maximum absolute atomic E-state index is 5.07. The van der Waals surface area contributed by atoms with Gasteiger partial charge in [-0.1, -0.05) is 55.7 Å². The molecule has 0 aliphatic heterocycles. The molecule has 0 amide bonds. The first kappa shape index (κ1) is 14.6. The third kappa shape index (κ3) is 3.06. The molecular weight excluding hydrogens is 300 g/mol. The summed E-state index contributed by atoms with van der Waals surface area (Å²) in [6.45, 7) is 0. The average Bonchev–Trinajstić information content (AvgIpc) is 3.09. The van der Waals surface area contributed by atoms with Crippen molar-refractivity contribution in [1.29, 1.82) is 0 Å². The predicted octanol–water partition coefficient (Wildman–Crippen LogP) is 5.92. The Morgan fingerprint density at radius 2 is 1.65 bits per heavy atom. The Labute approximate surface area is 141 Å². The summed E-state index contributed by atoms with van der Waals surface area (Å²) in [5.74, 6) is 0.640. The van der Waals surface area contributed by atoms with E-state index in [2.05, 4.69) is 41.4 Å². The van der Waals surface area contributed by atoms with Gasteiger partial charge in [0.15, 0.2) is 0 Å². The number of nitrogens with zero attached hydrogens (tertiary/aromatic N) is 2. The van der Waals surface area contributed by atoms with Crippen molar-refractivity contribution in [3.05, 3.63) is 59.9 Å². The Morgan fingerprint density at radius 3 is 2.39 bits per heavy atom. The number of rotatable bonds is 3. The van der Waals surface area contributed by atoms with Crippen LogP contribution in [0, 0.1) is 0 Å². The van der Waals surface area contributed by atoms with Gasteiger partial charge in [-0.2, -0.15) is 0 Å². The Kier molecular flexibility index (Phi) is 4.20. The Bertz CT molecular complexity index is 702. The largest absolute Gasteiger partial charge is 0.264 e. The summed E-state index contributed by atoms with van der Waals surface area (Å²) in [5, 5.41) is 1.31. The molecule has 1 fully saturated rings. The van der Waals surface area contributed by atoms with E-state index in [1.165, 1.54) is 53.1 Å². The molecule has 4 rings (SSSR count). The number of benzene rings is 1. The summed E-state index contributed by atoms with van der Waals surface area (Å²) in [5.41, 5.74) is 3.49. The summed E-state index contributed by atoms with van der Waals surface area (Å²) < 4.78 is 0. The van der Waals surface area contributed by atoms with E-state index in [0.717, 1.165) is 5.69 Å². The molecule has 116 valence electrons. The van der Waals surface area contributed by atoms with Gasteiger partial charge in [-0.05, 0) is 18.9 Å². The van der Waals surface area contributed by atoms with Crippen LogP contribution in [-0.2, 0) is 0 Å². The molecule has 0 saturated heterocycles. The van der Waals surface area contributed by atoms with Crippen LogP contribution in [0.15, 0.2) is 54.9 Å². The van der Waals surface area contributed by atoms with Gasteiger partial charge in [0.1, 0.15) is 0 Å². The summed E-state index contributed by atoms with van der Waals surface area (Å²) in [6.07, 6.45) is 10.4. The van der Waals surface area contributed by atoms with Gasteiger partial charge < -0.3 is 0 Å². The second kappa shape index (κ2) is 6.63. The van der Waals surface area contributed by atoms with Gasteiger partial charge in [0.2, 0.25) is 0 Å². The van der Waals surface area contributed by atoms with Gasteiger partial charge >= 0.3 is 0 Å². The first-order valence-electron chi connectivity index (χ1n) is 8.38. The van der Waals surface area contributed by atoms with Crippen molar-refractivity contribution in [2.75, 3.05) is 0 Å². The van der Waals surface area contributed by atoms with Crippen molar-refractivity contribution in [1.82, 2.24) is 9.97 Å². The molecule has 23 heavy (non-hydrogen) atoms. The number of hydrogen-bond donors (Lipinski definition) is 0. The standard InChI is InChI=1S/C20H20N2S/c1-3-8-15(9-4-1)18-19(17-12-7-13-21-14-17)23-20(22-18)16-10-5-2-6-11-16/h1,3-4,7-9,12-14,16H,2,5-6,10-11H2. The van der Waals surface area contributed by atoms with Crippen molar-refractivity contribution in [2.24, 2.45) is 0 Å². The molecule has 2 nitrogen and oxygen atoms in total. The van der Waals surface area contributed by atoms with E-state index < -0.39 is 0 Å². The number of thiazole rings is 1. The van der Waals surface area contributed by atoms with Crippen LogP contribution in [0.5, 0.6) is 0 Å². The highest BCUT2D eigenvalue weighted by atomic mass is 32.1. The SMILES string of the molecule is c1ccc(-c2nc(C3CCCCC3)sc2-c2cccnc2)cc1. The maximum Gasteiger partial charge on any atom is 0.0970 e. The number of aromatic nitrogens is 2. The summed E-state index contributed by atoms with van der Waals surface area (Å²) >= 11 is 1.86. The summed E-state index contributed by atoms with van der Waals surface area (Å²) in [7, 11) is 0. The van der Waals surface area contributed by atoms with Crippen LogP contribution < -0.4 is 0 Å². The minimum Gasteiger partial charge on any atom is -0.264 e. The van der Waals surface area contributed by atoms with Crippen molar-refractivity contribution in [3.63, 3.8) is 0 Å². The van der Waals surface area contributed by atoms with Crippen molar-refractivity contribution < 1.29 is 0 Å². The molecule has 1 saturated carbocycles. The second-order valence-electron chi connectivity index (χ2n) is 6.17. The molecular formula is C20H20N2S. The number of hydrogen-bond acceptors (Lipinski definition) is 3. The molecule has 0 atom stereocenters. The van der Waals surface area contributed by atoms with Gasteiger partial charge in [-0.15, -0.1) is 11.3 Å². The lowest BCUT2D eigenvalue weighted by atomic mass is 9.90. The first-order chi connectivity index (χ1) is 11.4. The Hall–Kier alpha value is -2.00. The molecule has 3 heteroatoms. The predicted molar refractivity (Wildman–Crippen MR) is 96.6 cm³/mol. The molecule has 1 aliphatic carbocycles. The summed E-state index contributed by atoms with van der Waals surface area (Å²) in [4.78, 5) is 10.6. The van der Waals surface area contributed by atoms with E-state index in [-0.39, 0.29) is 0 Å². The Morgan fingerprint density at radius 1 is 0.870 bits per heavy atom. The number of pyridine rings is 1. The molecule has 1 aromatic carbocycles. The molecule has 2 aromatic heterocycles. The first-order valence-corrected chi connectivity index (χ1v) is 9.20. The van der Waals surface area contributed by atoms with Gasteiger partial charge in [0, 0.05) is 29.4 Å². The van der Waals surface area contributed by atoms with Crippen LogP contribution in [0.4, 0.5) is 0 Å². The molecule has 0 N–H and O–H groups in total. The highest BCUT2D eigenvalue weighted by Gasteiger charge is 2.22. The zero-order valence-electron chi connectivity index (χ0n) is 13.1. The Balaban J connectivity index is 1.81. The van der Waals surface area contributed by atoms with Crippen molar-refractivity contribution in [2.45, 2.75) is 38.0 Å². The molecule has 2 heterocycles. The van der Waals surface area contributed by atoms with Crippen LogP contribution in [0.2, 0.25) is 0 Å². The molecule has 0 unspecified atom stereocenters. The molecule has 0 radical (unpaired) electrons. The van der Waals surface area contributed by atoms with Crippen LogP contribution >= 0.6 is 11.3 Å². The van der Waals surface area contributed by atoms with Crippen LogP contribution in [0.25, 0.3) is 21.7 Å². The van der Waals surface area contributed by atoms with E-state index in [9.17, 15) is 0 Å². The molecule has 0 bridgehead atoms. The lowest BCUT2D eigenvalue weighted by Crippen LogP contribution is -2.03. The van der Waals surface area contributed by atoms with Gasteiger partial charge in [0.25, 0.3) is 0 Å². The smallest absolute Gasteiger partial charge is 0.0970 e. The lowest BCUT2D eigenvalue weighted by molar-refractivity contribution is 0.442. The fourth-order valence-electron chi connectivity index (χ4n) is 3.35. The molecule has 1 aliphatic rings. The fourth-order valence-corrected chi connectivity index (χ4v) is 4.59. The van der Waals surface area contributed by atoms with Crippen molar-refractivity contribution >= 4 is 11.3 Å². The quantitative estimate of drug-likeness (QED) is 0.598. The van der Waals surface area contributed by atoms with Crippen LogP contribution in [0.1, 0.15) is 43.0 Å². The van der Waals surface area contributed by atoms with E-state index in [0.29, 0.717) is 5.92 Å². The monoisotopic (exact) mass is 320 g/mol.